The molecular weight excluding hydrogens is 206 g/mol. The van der Waals surface area contributed by atoms with Gasteiger partial charge in [-0.3, -0.25) is 0 Å². The lowest BCUT2D eigenvalue weighted by Gasteiger charge is -2.16. The summed E-state index contributed by atoms with van der Waals surface area (Å²) in [5.74, 6) is 2.70. The van der Waals surface area contributed by atoms with E-state index in [1.165, 1.54) is 16.7 Å². The number of unbranched alkanes of at least 4 members (excludes halogenated alkanes) is 1. The van der Waals surface area contributed by atoms with E-state index in [9.17, 15) is 0 Å². The van der Waals surface area contributed by atoms with Crippen LogP contribution < -0.4 is 5.32 Å². The zero-order valence-electron chi connectivity index (χ0n) is 11.2. The minimum Gasteiger partial charge on any atom is -0.317 e. The van der Waals surface area contributed by atoms with Crippen molar-refractivity contribution in [2.45, 2.75) is 45.6 Å². The molecule has 0 saturated heterocycles. The van der Waals surface area contributed by atoms with Crippen LogP contribution in [-0.2, 0) is 6.42 Å². The van der Waals surface area contributed by atoms with Crippen LogP contribution in [0.25, 0.3) is 0 Å². The number of benzene rings is 1. The lowest BCUT2D eigenvalue weighted by atomic mass is 9.98. The van der Waals surface area contributed by atoms with Gasteiger partial charge in [0.25, 0.3) is 0 Å². The van der Waals surface area contributed by atoms with Gasteiger partial charge >= 0.3 is 0 Å². The van der Waals surface area contributed by atoms with Crippen LogP contribution in [0.15, 0.2) is 18.2 Å². The lowest BCUT2D eigenvalue weighted by molar-refractivity contribution is 0.506. The summed E-state index contributed by atoms with van der Waals surface area (Å²) in [5.41, 5.74) is 4.11. The molecule has 0 aliphatic heterocycles. The average molecular weight is 229 g/mol. The van der Waals surface area contributed by atoms with Gasteiger partial charge in [-0.15, -0.1) is 12.3 Å². The summed E-state index contributed by atoms with van der Waals surface area (Å²) in [6, 6.07) is 7.30. The predicted octanol–water partition coefficient (Wildman–Crippen LogP) is 3.24. The molecule has 0 bridgehead atoms. The Kier molecular flexibility index (Phi) is 5.80. The van der Waals surface area contributed by atoms with Gasteiger partial charge in [-0.1, -0.05) is 29.3 Å². The Labute approximate surface area is 106 Å². The Bertz CT molecular complexity index is 367. The van der Waals surface area contributed by atoms with Gasteiger partial charge in [0.2, 0.25) is 0 Å². The van der Waals surface area contributed by atoms with Crippen LogP contribution in [0.4, 0.5) is 0 Å². The molecule has 0 aliphatic rings. The maximum Gasteiger partial charge on any atom is 0.0105 e. The zero-order chi connectivity index (χ0) is 12.7. The van der Waals surface area contributed by atoms with Crippen LogP contribution in [0.2, 0.25) is 0 Å². The van der Waals surface area contributed by atoms with E-state index in [1.807, 2.05) is 7.05 Å². The van der Waals surface area contributed by atoms with E-state index in [4.69, 9.17) is 6.42 Å². The molecule has 0 aromatic heterocycles. The van der Waals surface area contributed by atoms with E-state index in [1.54, 1.807) is 0 Å². The second-order valence-electron chi connectivity index (χ2n) is 4.78. The maximum atomic E-state index is 5.28. The first-order chi connectivity index (χ1) is 8.15. The summed E-state index contributed by atoms with van der Waals surface area (Å²) >= 11 is 0. The van der Waals surface area contributed by atoms with E-state index in [0.29, 0.717) is 6.04 Å². The normalized spacial score (nSPS) is 12.1. The summed E-state index contributed by atoms with van der Waals surface area (Å²) in [6.07, 6.45) is 9.50. The van der Waals surface area contributed by atoms with E-state index in [2.05, 4.69) is 43.3 Å². The van der Waals surface area contributed by atoms with E-state index >= 15 is 0 Å². The number of nitrogens with one attached hydrogen (secondary N) is 1. The van der Waals surface area contributed by atoms with Gasteiger partial charge < -0.3 is 5.32 Å². The van der Waals surface area contributed by atoms with Crippen molar-refractivity contribution in [3.8, 4) is 12.3 Å². The maximum absolute atomic E-state index is 5.28. The third-order valence-corrected chi connectivity index (χ3v) is 3.05. The Hall–Kier alpha value is -1.26. The molecule has 1 atom stereocenters. The number of hydrogen-bond acceptors (Lipinski definition) is 1. The Morgan fingerprint density at radius 2 is 1.88 bits per heavy atom. The van der Waals surface area contributed by atoms with Gasteiger partial charge in [-0.25, -0.2) is 0 Å². The van der Waals surface area contributed by atoms with Crippen molar-refractivity contribution in [1.82, 2.24) is 5.32 Å². The van der Waals surface area contributed by atoms with Gasteiger partial charge in [0, 0.05) is 12.5 Å². The minimum absolute atomic E-state index is 0.532. The first-order valence-corrected chi connectivity index (χ1v) is 6.33. The smallest absolute Gasteiger partial charge is 0.0105 e. The van der Waals surface area contributed by atoms with Crippen molar-refractivity contribution >= 4 is 0 Å². The molecule has 1 rings (SSSR count). The highest BCUT2D eigenvalue weighted by atomic mass is 14.9. The fraction of sp³-hybridized carbons (Fsp3) is 0.500. The number of hydrogen-bond donors (Lipinski definition) is 1. The van der Waals surface area contributed by atoms with Crippen molar-refractivity contribution < 1.29 is 0 Å². The molecule has 17 heavy (non-hydrogen) atoms. The molecule has 0 aliphatic carbocycles. The molecule has 0 amide bonds. The number of rotatable bonds is 6. The van der Waals surface area contributed by atoms with Crippen LogP contribution in [0.5, 0.6) is 0 Å². The Morgan fingerprint density at radius 3 is 2.41 bits per heavy atom. The quantitative estimate of drug-likeness (QED) is 0.583. The third kappa shape index (κ3) is 5.06. The van der Waals surface area contributed by atoms with E-state index in [-0.39, 0.29) is 0 Å². The SMILES string of the molecule is C#CCCCC(Cc1cc(C)cc(C)c1)NC. The average Bonchev–Trinajstić information content (AvgIpc) is 2.26. The molecule has 0 saturated carbocycles. The monoisotopic (exact) mass is 229 g/mol. The molecule has 0 heterocycles. The van der Waals surface area contributed by atoms with Crippen molar-refractivity contribution in [3.05, 3.63) is 34.9 Å². The number of terminal acetylenes is 1. The number of aryl methyl sites for hydroxylation is 2. The summed E-state index contributed by atoms with van der Waals surface area (Å²) in [5, 5.41) is 3.38. The van der Waals surface area contributed by atoms with Gasteiger partial charge in [0.1, 0.15) is 0 Å². The number of likely N-dealkylation sites (N-methyl/N-ethyl adjacent to an activating group) is 1. The highest BCUT2D eigenvalue weighted by Crippen LogP contribution is 2.13. The Balaban J connectivity index is 2.57. The molecule has 1 nitrogen and oxygen atoms in total. The summed E-state index contributed by atoms with van der Waals surface area (Å²) in [6.45, 7) is 4.31. The van der Waals surface area contributed by atoms with Crippen LogP contribution in [0, 0.1) is 26.2 Å². The summed E-state index contributed by atoms with van der Waals surface area (Å²) < 4.78 is 0. The van der Waals surface area contributed by atoms with Crippen molar-refractivity contribution in [2.24, 2.45) is 0 Å². The van der Waals surface area contributed by atoms with Crippen LogP contribution in [0.1, 0.15) is 36.0 Å². The molecule has 1 aromatic carbocycles. The van der Waals surface area contributed by atoms with Crippen molar-refractivity contribution in [3.63, 3.8) is 0 Å². The highest BCUT2D eigenvalue weighted by Gasteiger charge is 2.07. The second kappa shape index (κ2) is 7.14. The molecule has 1 unspecified atom stereocenters. The van der Waals surface area contributed by atoms with Gasteiger partial charge in [-0.05, 0) is 45.7 Å². The topological polar surface area (TPSA) is 12.0 Å². The molecule has 1 aromatic rings. The fourth-order valence-electron chi connectivity index (χ4n) is 2.27. The van der Waals surface area contributed by atoms with Crippen LogP contribution in [-0.4, -0.2) is 13.1 Å². The molecule has 0 radical (unpaired) electrons. The summed E-state index contributed by atoms with van der Waals surface area (Å²) in [4.78, 5) is 0. The molecule has 1 N–H and O–H groups in total. The molecule has 1 heteroatoms. The molecule has 92 valence electrons. The molecule has 0 spiro atoms. The largest absolute Gasteiger partial charge is 0.317 e. The fourth-order valence-corrected chi connectivity index (χ4v) is 2.27. The third-order valence-electron chi connectivity index (χ3n) is 3.05. The van der Waals surface area contributed by atoms with Crippen molar-refractivity contribution in [2.75, 3.05) is 7.05 Å². The zero-order valence-corrected chi connectivity index (χ0v) is 11.2. The first kappa shape index (κ1) is 13.8. The van der Waals surface area contributed by atoms with Crippen LogP contribution in [0.3, 0.4) is 0 Å². The standard InChI is InChI=1S/C16H23N/c1-5-6-7-8-16(17-4)12-15-10-13(2)9-14(3)11-15/h1,9-11,16-17H,6-8,12H2,2-4H3. The summed E-state index contributed by atoms with van der Waals surface area (Å²) in [7, 11) is 2.03. The predicted molar refractivity (Wildman–Crippen MR) is 75.2 cm³/mol. The van der Waals surface area contributed by atoms with Gasteiger partial charge in [-0.2, -0.15) is 0 Å². The van der Waals surface area contributed by atoms with Gasteiger partial charge in [0.15, 0.2) is 0 Å². The molecule has 0 fully saturated rings. The minimum atomic E-state index is 0.532. The second-order valence-corrected chi connectivity index (χ2v) is 4.78. The van der Waals surface area contributed by atoms with Crippen molar-refractivity contribution in [1.29, 1.82) is 0 Å². The highest BCUT2D eigenvalue weighted by molar-refractivity contribution is 5.29. The molecular formula is C16H23N. The first-order valence-electron chi connectivity index (χ1n) is 6.33. The van der Waals surface area contributed by atoms with Crippen LogP contribution >= 0.6 is 0 Å². The lowest BCUT2D eigenvalue weighted by Crippen LogP contribution is -2.27. The van der Waals surface area contributed by atoms with E-state index in [0.717, 1.165) is 25.7 Å². The Morgan fingerprint density at radius 1 is 1.24 bits per heavy atom. The van der Waals surface area contributed by atoms with Gasteiger partial charge in [0.05, 0.1) is 0 Å². The van der Waals surface area contributed by atoms with E-state index < -0.39 is 0 Å².